The maximum Gasteiger partial charge on any atom is 0 e. The molecule has 0 spiro atoms. The molecule has 14 heavy (non-hydrogen) atoms. The Bertz CT molecular complexity index is 258. The molecule has 0 aliphatic rings. The van der Waals surface area contributed by atoms with Crippen molar-refractivity contribution >= 4 is 0 Å². The van der Waals surface area contributed by atoms with E-state index in [-0.39, 0.29) is 53.8 Å². The Hall–Kier alpha value is 1.07. The van der Waals surface area contributed by atoms with Gasteiger partial charge in [-0.3, -0.25) is 6.20 Å². The van der Waals surface area contributed by atoms with Crippen molar-refractivity contribution in [2.75, 3.05) is 0 Å². The molecule has 1 nitrogen and oxygen atoms in total. The molecule has 1 aromatic heterocycles. The van der Waals surface area contributed by atoms with E-state index < -0.39 is 0 Å². The summed E-state index contributed by atoms with van der Waals surface area (Å²) in [6.07, 6.45) is 4.50. The van der Waals surface area contributed by atoms with Gasteiger partial charge in [-0.05, 0) is 12.5 Å². The van der Waals surface area contributed by atoms with Gasteiger partial charge in [-0.15, -0.1) is 6.92 Å². The Kier molecular flexibility index (Phi) is 10.3. The van der Waals surface area contributed by atoms with Crippen LogP contribution in [0.5, 0.6) is 0 Å². The van der Waals surface area contributed by atoms with Crippen molar-refractivity contribution in [3.8, 4) is 0 Å². The minimum absolute atomic E-state index is 0. The van der Waals surface area contributed by atoms with Crippen LogP contribution in [-0.2, 0) is 60.3 Å². The van der Waals surface area contributed by atoms with Crippen LogP contribution in [0.15, 0.2) is 0 Å². The van der Waals surface area contributed by atoms with E-state index in [9.17, 15) is 0 Å². The van der Waals surface area contributed by atoms with E-state index in [0.717, 1.165) is 18.0 Å². The van der Waals surface area contributed by atoms with Crippen molar-refractivity contribution < 1.29 is 53.8 Å². The molecule has 1 radical (unpaired) electrons. The maximum absolute atomic E-state index is 3.27. The van der Waals surface area contributed by atoms with E-state index in [1.807, 2.05) is 6.92 Å². The molecule has 0 N–H and O–H groups in total. The van der Waals surface area contributed by atoms with Crippen LogP contribution >= 0.6 is 0 Å². The Balaban J connectivity index is 0. The fraction of sp³-hybridized carbons (Fsp3) is 0.636. The van der Waals surface area contributed by atoms with Crippen molar-refractivity contribution in [1.29, 1.82) is 0 Å². The standard InChI is InChI=1S/C11H17N.W.Y/c1-5-9(2)7-12-8-10(3)6-11(12)4;;/h9H,5,7H2,1-4H3;;/q-2;;. The smallest absolute Gasteiger partial charge is 0 e. The normalized spacial score (nSPS) is 11.4. The van der Waals surface area contributed by atoms with Crippen LogP contribution in [0, 0.1) is 32.0 Å². The second-order valence-corrected chi connectivity index (χ2v) is 3.57. The zero-order valence-corrected chi connectivity index (χ0v) is 15.2. The fourth-order valence-corrected chi connectivity index (χ4v) is 1.28. The third kappa shape index (κ3) is 5.24. The van der Waals surface area contributed by atoms with Gasteiger partial charge in [-0.2, -0.15) is 0 Å². The predicted octanol–water partition coefficient (Wildman–Crippen LogP) is 2.75. The van der Waals surface area contributed by atoms with Crippen LogP contribution in [0.25, 0.3) is 0 Å². The van der Waals surface area contributed by atoms with Gasteiger partial charge < -0.3 is 21.9 Å². The zero-order valence-electron chi connectivity index (χ0n) is 9.42. The van der Waals surface area contributed by atoms with E-state index in [1.54, 1.807) is 0 Å². The van der Waals surface area contributed by atoms with Crippen LogP contribution < -0.4 is 0 Å². The summed E-state index contributed by atoms with van der Waals surface area (Å²) in [6.45, 7) is 9.70. The molecule has 77 valence electrons. The Morgan fingerprint density at radius 2 is 1.93 bits per heavy atom. The summed E-state index contributed by atoms with van der Waals surface area (Å²) in [5.41, 5.74) is 2.32. The first-order chi connectivity index (χ1) is 5.63. The van der Waals surface area contributed by atoms with Crippen LogP contribution in [-0.4, -0.2) is 4.57 Å². The Labute approximate surface area is 127 Å². The summed E-state index contributed by atoms with van der Waals surface area (Å²) in [4.78, 5) is 0. The van der Waals surface area contributed by atoms with Crippen LogP contribution in [0.2, 0.25) is 0 Å². The van der Waals surface area contributed by atoms with E-state index in [1.165, 1.54) is 12.1 Å². The predicted molar refractivity (Wildman–Crippen MR) is 51.0 cm³/mol. The topological polar surface area (TPSA) is 4.93 Å². The van der Waals surface area contributed by atoms with Gasteiger partial charge in [0.1, 0.15) is 0 Å². The number of hydrogen-bond donors (Lipinski definition) is 0. The Morgan fingerprint density at radius 3 is 2.29 bits per heavy atom. The molecule has 0 saturated heterocycles. The second kappa shape index (κ2) is 8.25. The largest absolute Gasteiger partial charge is 0.592 e. The first kappa shape index (κ1) is 17.5. The van der Waals surface area contributed by atoms with Crippen molar-refractivity contribution in [2.24, 2.45) is 5.92 Å². The number of nitrogens with zero attached hydrogens (tertiary/aromatic N) is 1. The average molecular weight is 436 g/mol. The van der Waals surface area contributed by atoms with E-state index in [2.05, 4.69) is 37.6 Å². The van der Waals surface area contributed by atoms with Crippen LogP contribution in [0.1, 0.15) is 31.5 Å². The summed E-state index contributed by atoms with van der Waals surface area (Å²) in [7, 11) is 0. The maximum atomic E-state index is 3.27. The summed E-state index contributed by atoms with van der Waals surface area (Å²) in [5.74, 6) is 0.736. The van der Waals surface area contributed by atoms with Gasteiger partial charge in [0.05, 0.1) is 0 Å². The van der Waals surface area contributed by atoms with Gasteiger partial charge >= 0.3 is 0 Å². The van der Waals surface area contributed by atoms with Gasteiger partial charge in [0, 0.05) is 53.8 Å². The fourth-order valence-electron chi connectivity index (χ4n) is 1.28. The van der Waals surface area contributed by atoms with Gasteiger partial charge in [0.25, 0.3) is 0 Å². The number of aromatic nitrogens is 1. The van der Waals surface area contributed by atoms with Crippen molar-refractivity contribution in [3.05, 3.63) is 23.5 Å². The molecule has 3 heteroatoms. The molecule has 0 aliphatic carbocycles. The van der Waals surface area contributed by atoms with Gasteiger partial charge in [-0.1, -0.05) is 27.2 Å². The minimum Gasteiger partial charge on any atom is -0.592 e. The van der Waals surface area contributed by atoms with Gasteiger partial charge in [-0.25, -0.2) is 0 Å². The Morgan fingerprint density at radius 1 is 1.36 bits per heavy atom. The third-order valence-corrected chi connectivity index (χ3v) is 2.27. The molecule has 0 aliphatic heterocycles. The molecule has 1 aromatic rings. The summed E-state index contributed by atoms with van der Waals surface area (Å²) >= 11 is 0. The number of hydrogen-bond acceptors (Lipinski definition) is 0. The quantitative estimate of drug-likeness (QED) is 0.643. The molecule has 0 amide bonds. The molecule has 0 saturated carbocycles. The van der Waals surface area contributed by atoms with Gasteiger partial charge in [0.15, 0.2) is 0 Å². The van der Waals surface area contributed by atoms with Crippen LogP contribution in [0.3, 0.4) is 0 Å². The molecule has 0 aromatic carbocycles. The molecule has 1 rings (SSSR count). The minimum atomic E-state index is 0. The molecular formula is C11H17NWY-2. The van der Waals surface area contributed by atoms with Crippen molar-refractivity contribution in [3.63, 3.8) is 0 Å². The molecular weight excluding hydrogens is 419 g/mol. The van der Waals surface area contributed by atoms with Gasteiger partial charge in [0.2, 0.25) is 0 Å². The monoisotopic (exact) mass is 436 g/mol. The van der Waals surface area contributed by atoms with Crippen LogP contribution in [0.4, 0.5) is 0 Å². The first-order valence-electron chi connectivity index (χ1n) is 4.61. The second-order valence-electron chi connectivity index (χ2n) is 3.57. The first-order valence-corrected chi connectivity index (χ1v) is 4.61. The SMILES string of the molecule is CCC(C)Cn1[c-]c(C)[c-]c1C.[W].[Y]. The average Bonchev–Trinajstić information content (AvgIpc) is 2.30. The molecule has 0 fully saturated rings. The van der Waals surface area contributed by atoms with E-state index >= 15 is 0 Å². The molecule has 0 bridgehead atoms. The van der Waals surface area contributed by atoms with Crippen molar-refractivity contribution in [2.45, 2.75) is 40.7 Å². The number of aryl methyl sites for hydroxylation is 2. The molecule has 1 atom stereocenters. The summed E-state index contributed by atoms with van der Waals surface area (Å²) < 4.78 is 2.17. The summed E-state index contributed by atoms with van der Waals surface area (Å²) in [6, 6.07) is 3.24. The number of rotatable bonds is 3. The molecule has 1 unspecified atom stereocenters. The van der Waals surface area contributed by atoms with Crippen molar-refractivity contribution in [1.82, 2.24) is 4.57 Å². The van der Waals surface area contributed by atoms with E-state index in [0.29, 0.717) is 0 Å². The third-order valence-electron chi connectivity index (χ3n) is 2.27. The summed E-state index contributed by atoms with van der Waals surface area (Å²) in [5, 5.41) is 0. The van der Waals surface area contributed by atoms with E-state index in [4.69, 9.17) is 0 Å². The molecule has 1 heterocycles. The zero-order chi connectivity index (χ0) is 9.14.